The van der Waals surface area contributed by atoms with E-state index in [1.54, 1.807) is 4.90 Å². The molecule has 4 nitrogen and oxygen atoms in total. The molecule has 1 saturated heterocycles. The number of hydrogen-bond donors (Lipinski definition) is 1. The van der Waals surface area contributed by atoms with E-state index in [4.69, 9.17) is 10.5 Å². The van der Waals surface area contributed by atoms with Crippen LogP contribution in [0.2, 0.25) is 0 Å². The Labute approximate surface area is 108 Å². The third-order valence-electron chi connectivity index (χ3n) is 3.27. The highest BCUT2D eigenvalue weighted by molar-refractivity contribution is 5.68. The molecule has 0 bridgehead atoms. The number of carbonyl (C=O) groups is 1. The topological polar surface area (TPSA) is 55.6 Å². The van der Waals surface area contributed by atoms with Crippen molar-refractivity contribution >= 4 is 6.09 Å². The second kappa shape index (κ2) is 6.40. The highest BCUT2D eigenvalue weighted by Gasteiger charge is 2.26. The van der Waals surface area contributed by atoms with E-state index in [0.29, 0.717) is 25.6 Å². The molecule has 0 spiro atoms. The van der Waals surface area contributed by atoms with Crippen molar-refractivity contribution in [2.75, 3.05) is 26.2 Å². The van der Waals surface area contributed by atoms with Crippen LogP contribution in [0.5, 0.6) is 0 Å². The van der Waals surface area contributed by atoms with Gasteiger partial charge in [0, 0.05) is 19.0 Å². The first kappa shape index (κ1) is 12.9. The Bertz CT molecular complexity index is 381. The molecule has 2 N–H and O–H groups in total. The molecule has 1 atom stereocenters. The van der Waals surface area contributed by atoms with Crippen LogP contribution < -0.4 is 5.73 Å². The number of hydrogen-bond acceptors (Lipinski definition) is 3. The van der Waals surface area contributed by atoms with E-state index < -0.39 is 0 Å². The third kappa shape index (κ3) is 3.47. The molecule has 1 aromatic rings. The number of ether oxygens (including phenoxy) is 1. The van der Waals surface area contributed by atoms with Crippen LogP contribution in [0.25, 0.3) is 0 Å². The monoisotopic (exact) mass is 248 g/mol. The van der Waals surface area contributed by atoms with Gasteiger partial charge in [0.15, 0.2) is 0 Å². The standard InChI is InChI=1S/C14H20N2O2/c15-8-6-13-10-16(14(17)18-11-13)9-7-12-4-2-1-3-5-12/h1-5,13H,6-11,15H2. The zero-order valence-electron chi connectivity index (χ0n) is 10.5. The molecule has 1 aromatic carbocycles. The molecule has 1 fully saturated rings. The Morgan fingerprint density at radius 2 is 2.11 bits per heavy atom. The predicted molar refractivity (Wildman–Crippen MR) is 70.2 cm³/mol. The summed E-state index contributed by atoms with van der Waals surface area (Å²) in [6, 6.07) is 10.2. The number of nitrogens with zero attached hydrogens (tertiary/aromatic N) is 1. The van der Waals surface area contributed by atoms with E-state index >= 15 is 0 Å². The molecule has 1 amide bonds. The summed E-state index contributed by atoms with van der Waals surface area (Å²) in [5.74, 6) is 0.378. The van der Waals surface area contributed by atoms with Gasteiger partial charge in [-0.05, 0) is 24.9 Å². The number of nitrogens with two attached hydrogens (primary N) is 1. The maximum absolute atomic E-state index is 11.6. The fourth-order valence-corrected chi connectivity index (χ4v) is 2.22. The van der Waals surface area contributed by atoms with Crippen LogP contribution >= 0.6 is 0 Å². The van der Waals surface area contributed by atoms with Crippen molar-refractivity contribution in [3.05, 3.63) is 35.9 Å². The smallest absolute Gasteiger partial charge is 0.409 e. The summed E-state index contributed by atoms with van der Waals surface area (Å²) in [5.41, 5.74) is 6.79. The highest BCUT2D eigenvalue weighted by Crippen LogP contribution is 2.14. The van der Waals surface area contributed by atoms with Crippen molar-refractivity contribution in [3.63, 3.8) is 0 Å². The van der Waals surface area contributed by atoms with Crippen LogP contribution in [-0.4, -0.2) is 37.2 Å². The Morgan fingerprint density at radius 1 is 1.33 bits per heavy atom. The second-order valence-electron chi connectivity index (χ2n) is 4.70. The summed E-state index contributed by atoms with van der Waals surface area (Å²) in [7, 11) is 0. The zero-order chi connectivity index (χ0) is 12.8. The van der Waals surface area contributed by atoms with Gasteiger partial charge in [-0.15, -0.1) is 0 Å². The Hall–Kier alpha value is -1.55. The van der Waals surface area contributed by atoms with Gasteiger partial charge in [0.2, 0.25) is 0 Å². The number of amides is 1. The molecular weight excluding hydrogens is 228 g/mol. The predicted octanol–water partition coefficient (Wildman–Crippen LogP) is 1.65. The highest BCUT2D eigenvalue weighted by atomic mass is 16.6. The molecule has 0 saturated carbocycles. The van der Waals surface area contributed by atoms with Crippen molar-refractivity contribution in [2.45, 2.75) is 12.8 Å². The number of cyclic esters (lactones) is 1. The molecule has 1 aliphatic rings. The Balaban J connectivity index is 1.85. The molecular formula is C14H20N2O2. The van der Waals surface area contributed by atoms with E-state index in [9.17, 15) is 4.79 Å². The molecule has 0 aromatic heterocycles. The zero-order valence-corrected chi connectivity index (χ0v) is 10.5. The minimum absolute atomic E-state index is 0.195. The lowest BCUT2D eigenvalue weighted by molar-refractivity contribution is 0.0419. The quantitative estimate of drug-likeness (QED) is 0.862. The molecule has 1 unspecified atom stereocenters. The van der Waals surface area contributed by atoms with E-state index in [2.05, 4.69) is 12.1 Å². The number of benzene rings is 1. The van der Waals surface area contributed by atoms with E-state index in [0.717, 1.165) is 19.4 Å². The molecule has 1 heterocycles. The lowest BCUT2D eigenvalue weighted by Crippen LogP contribution is -2.44. The lowest BCUT2D eigenvalue weighted by Gasteiger charge is -2.32. The van der Waals surface area contributed by atoms with Crippen LogP contribution in [0.15, 0.2) is 30.3 Å². The molecule has 1 aliphatic heterocycles. The van der Waals surface area contributed by atoms with Gasteiger partial charge in [0.1, 0.15) is 0 Å². The average molecular weight is 248 g/mol. The lowest BCUT2D eigenvalue weighted by atomic mass is 10.0. The summed E-state index contributed by atoms with van der Waals surface area (Å²) in [6.07, 6.45) is 1.58. The van der Waals surface area contributed by atoms with Crippen LogP contribution in [0, 0.1) is 5.92 Å². The van der Waals surface area contributed by atoms with Crippen molar-refractivity contribution in [2.24, 2.45) is 11.7 Å². The first-order valence-corrected chi connectivity index (χ1v) is 6.45. The van der Waals surface area contributed by atoms with Gasteiger partial charge in [-0.2, -0.15) is 0 Å². The Kier molecular flexibility index (Phi) is 4.59. The van der Waals surface area contributed by atoms with Gasteiger partial charge < -0.3 is 15.4 Å². The summed E-state index contributed by atoms with van der Waals surface area (Å²) in [5, 5.41) is 0. The SMILES string of the molecule is NCCC1COC(=O)N(CCc2ccccc2)C1. The van der Waals surface area contributed by atoms with E-state index in [-0.39, 0.29) is 6.09 Å². The summed E-state index contributed by atoms with van der Waals surface area (Å²) < 4.78 is 5.18. The molecule has 2 rings (SSSR count). The second-order valence-corrected chi connectivity index (χ2v) is 4.70. The molecule has 4 heteroatoms. The van der Waals surface area contributed by atoms with Crippen molar-refractivity contribution in [1.82, 2.24) is 4.90 Å². The van der Waals surface area contributed by atoms with Gasteiger partial charge >= 0.3 is 6.09 Å². The van der Waals surface area contributed by atoms with Gasteiger partial charge in [-0.25, -0.2) is 4.79 Å². The van der Waals surface area contributed by atoms with Gasteiger partial charge in [0.25, 0.3) is 0 Å². The van der Waals surface area contributed by atoms with E-state index in [1.165, 1.54) is 5.56 Å². The van der Waals surface area contributed by atoms with Crippen LogP contribution in [0.1, 0.15) is 12.0 Å². The molecule has 0 radical (unpaired) electrons. The average Bonchev–Trinajstić information content (AvgIpc) is 2.41. The third-order valence-corrected chi connectivity index (χ3v) is 3.27. The largest absolute Gasteiger partial charge is 0.449 e. The first-order chi connectivity index (χ1) is 8.79. The minimum Gasteiger partial charge on any atom is -0.449 e. The summed E-state index contributed by atoms with van der Waals surface area (Å²) >= 11 is 0. The maximum atomic E-state index is 11.6. The van der Waals surface area contributed by atoms with Crippen LogP contribution in [0.4, 0.5) is 4.79 Å². The van der Waals surface area contributed by atoms with Crippen LogP contribution in [-0.2, 0) is 11.2 Å². The van der Waals surface area contributed by atoms with Crippen molar-refractivity contribution in [1.29, 1.82) is 0 Å². The van der Waals surface area contributed by atoms with Crippen molar-refractivity contribution in [3.8, 4) is 0 Å². The fourth-order valence-electron chi connectivity index (χ4n) is 2.22. The first-order valence-electron chi connectivity index (χ1n) is 6.45. The van der Waals surface area contributed by atoms with Gasteiger partial charge in [0.05, 0.1) is 6.61 Å². The normalized spacial score (nSPS) is 19.7. The number of carbonyl (C=O) groups excluding carboxylic acids is 1. The van der Waals surface area contributed by atoms with Gasteiger partial charge in [-0.1, -0.05) is 30.3 Å². The summed E-state index contributed by atoms with van der Waals surface area (Å²) in [6.45, 7) is 2.64. The van der Waals surface area contributed by atoms with Gasteiger partial charge in [-0.3, -0.25) is 0 Å². The molecule has 98 valence electrons. The Morgan fingerprint density at radius 3 is 2.83 bits per heavy atom. The molecule has 18 heavy (non-hydrogen) atoms. The minimum atomic E-state index is -0.195. The molecule has 0 aliphatic carbocycles. The van der Waals surface area contributed by atoms with Crippen molar-refractivity contribution < 1.29 is 9.53 Å². The summed E-state index contributed by atoms with van der Waals surface area (Å²) in [4.78, 5) is 13.4. The maximum Gasteiger partial charge on any atom is 0.409 e. The number of rotatable bonds is 5. The van der Waals surface area contributed by atoms with E-state index in [1.807, 2.05) is 18.2 Å². The fraction of sp³-hybridized carbons (Fsp3) is 0.500. The van der Waals surface area contributed by atoms with Crippen LogP contribution in [0.3, 0.4) is 0 Å².